The molecule has 0 radical (unpaired) electrons. The molecule has 0 fully saturated rings. The topological polar surface area (TPSA) is 81.9 Å². The molecule has 1 aliphatic heterocycles. The standard InChI is InChI=1S/C26H24N2O5/c1-3-27(4-2)20-9-5-18(6-10-20)15-25-26(29)23-14-13-22(16-24(23)33-25)32-17-19-7-11-21(12-8-19)28(30)31/h5-16H,3-4,17H2,1-2H3/b25-15-. The van der Waals surface area contributed by atoms with E-state index in [-0.39, 0.29) is 23.8 Å². The van der Waals surface area contributed by atoms with E-state index in [0.717, 1.165) is 29.9 Å². The van der Waals surface area contributed by atoms with Crippen LogP contribution in [0.25, 0.3) is 6.08 Å². The van der Waals surface area contributed by atoms with E-state index in [1.54, 1.807) is 36.4 Å². The zero-order valence-corrected chi connectivity index (χ0v) is 18.5. The van der Waals surface area contributed by atoms with Crippen molar-refractivity contribution in [1.82, 2.24) is 0 Å². The Bertz CT molecular complexity index is 1200. The van der Waals surface area contributed by atoms with Crippen LogP contribution >= 0.6 is 0 Å². The number of fused-ring (bicyclic) bond motifs is 1. The molecule has 0 aliphatic carbocycles. The molecule has 0 unspecified atom stereocenters. The van der Waals surface area contributed by atoms with Crippen molar-refractivity contribution in [3.05, 3.63) is 99.3 Å². The SMILES string of the molecule is CCN(CC)c1ccc(/C=C2\Oc3cc(OCc4ccc([N+](=O)[O-])cc4)ccc3C2=O)cc1. The van der Waals surface area contributed by atoms with Crippen molar-refractivity contribution in [1.29, 1.82) is 0 Å². The summed E-state index contributed by atoms with van der Waals surface area (Å²) in [6, 6.07) is 19.3. The molecule has 0 spiro atoms. The van der Waals surface area contributed by atoms with Gasteiger partial charge in [0.15, 0.2) is 5.76 Å². The van der Waals surface area contributed by atoms with Crippen LogP contribution in [0.1, 0.15) is 35.3 Å². The van der Waals surface area contributed by atoms with Crippen LogP contribution in [0.5, 0.6) is 11.5 Å². The number of rotatable bonds is 8. The van der Waals surface area contributed by atoms with Crippen LogP contribution in [-0.4, -0.2) is 23.8 Å². The molecule has 3 aromatic rings. The minimum atomic E-state index is -0.440. The lowest BCUT2D eigenvalue weighted by molar-refractivity contribution is -0.384. The number of hydrogen-bond donors (Lipinski definition) is 0. The smallest absolute Gasteiger partial charge is 0.269 e. The van der Waals surface area contributed by atoms with Gasteiger partial charge in [-0.3, -0.25) is 14.9 Å². The molecule has 33 heavy (non-hydrogen) atoms. The largest absolute Gasteiger partial charge is 0.489 e. The highest BCUT2D eigenvalue weighted by molar-refractivity contribution is 6.14. The average molecular weight is 444 g/mol. The monoisotopic (exact) mass is 444 g/mol. The van der Waals surface area contributed by atoms with Gasteiger partial charge in [0.1, 0.15) is 18.1 Å². The average Bonchev–Trinajstić information content (AvgIpc) is 3.14. The molecule has 0 N–H and O–H groups in total. The van der Waals surface area contributed by atoms with Gasteiger partial charge in [0, 0.05) is 37.0 Å². The van der Waals surface area contributed by atoms with Crippen LogP contribution in [0.4, 0.5) is 11.4 Å². The lowest BCUT2D eigenvalue weighted by Crippen LogP contribution is -2.21. The summed E-state index contributed by atoms with van der Waals surface area (Å²) in [5.74, 6) is 1.10. The van der Waals surface area contributed by atoms with E-state index >= 15 is 0 Å². The lowest BCUT2D eigenvalue weighted by atomic mass is 10.1. The summed E-state index contributed by atoms with van der Waals surface area (Å²) in [6.45, 7) is 6.34. The first-order valence-electron chi connectivity index (χ1n) is 10.8. The molecule has 0 amide bonds. The minimum absolute atomic E-state index is 0.0326. The number of ether oxygens (including phenoxy) is 2. The number of non-ortho nitro benzene ring substituents is 1. The Kier molecular flexibility index (Phi) is 6.40. The third-order valence-corrected chi connectivity index (χ3v) is 5.51. The molecule has 168 valence electrons. The molecule has 0 aromatic heterocycles. The van der Waals surface area contributed by atoms with E-state index in [1.165, 1.54) is 12.1 Å². The Hall–Kier alpha value is -4.13. The number of hydrogen-bond acceptors (Lipinski definition) is 6. The summed E-state index contributed by atoms with van der Waals surface area (Å²) in [5, 5.41) is 10.8. The number of carbonyl (C=O) groups is 1. The fourth-order valence-corrected chi connectivity index (χ4v) is 3.66. The number of ketones is 1. The van der Waals surface area contributed by atoms with E-state index in [4.69, 9.17) is 9.47 Å². The predicted octanol–water partition coefficient (Wildman–Crippen LogP) is 5.64. The zero-order valence-electron chi connectivity index (χ0n) is 18.5. The van der Waals surface area contributed by atoms with Crippen LogP contribution in [0.2, 0.25) is 0 Å². The number of nitro groups is 1. The van der Waals surface area contributed by atoms with Crippen molar-refractivity contribution in [2.75, 3.05) is 18.0 Å². The quantitative estimate of drug-likeness (QED) is 0.254. The fourth-order valence-electron chi connectivity index (χ4n) is 3.66. The van der Waals surface area contributed by atoms with Gasteiger partial charge in [0.05, 0.1) is 10.5 Å². The van der Waals surface area contributed by atoms with E-state index in [9.17, 15) is 14.9 Å². The maximum absolute atomic E-state index is 12.7. The molecule has 3 aromatic carbocycles. The van der Waals surface area contributed by atoms with E-state index in [1.807, 2.05) is 24.3 Å². The number of carbonyl (C=O) groups excluding carboxylic acids is 1. The Labute approximate surface area is 192 Å². The normalized spacial score (nSPS) is 13.5. The van der Waals surface area contributed by atoms with Crippen molar-refractivity contribution in [2.24, 2.45) is 0 Å². The van der Waals surface area contributed by atoms with Gasteiger partial charge in [-0.15, -0.1) is 0 Å². The molecule has 1 aliphatic rings. The Morgan fingerprint density at radius 3 is 2.33 bits per heavy atom. The second-order valence-corrected chi connectivity index (χ2v) is 7.57. The van der Waals surface area contributed by atoms with Gasteiger partial charge in [-0.25, -0.2) is 0 Å². The van der Waals surface area contributed by atoms with Crippen LogP contribution < -0.4 is 14.4 Å². The van der Waals surface area contributed by atoms with Crippen molar-refractivity contribution in [3.8, 4) is 11.5 Å². The Morgan fingerprint density at radius 2 is 1.70 bits per heavy atom. The molecule has 7 nitrogen and oxygen atoms in total. The third-order valence-electron chi connectivity index (χ3n) is 5.51. The number of nitro benzene ring substituents is 1. The predicted molar refractivity (Wildman–Crippen MR) is 127 cm³/mol. The second-order valence-electron chi connectivity index (χ2n) is 7.57. The van der Waals surface area contributed by atoms with Crippen molar-refractivity contribution >= 4 is 23.2 Å². The van der Waals surface area contributed by atoms with Gasteiger partial charge in [-0.2, -0.15) is 0 Å². The minimum Gasteiger partial charge on any atom is -0.489 e. The summed E-state index contributed by atoms with van der Waals surface area (Å²) in [7, 11) is 0. The third kappa shape index (κ3) is 4.87. The first-order chi connectivity index (χ1) is 16.0. The van der Waals surface area contributed by atoms with Crippen molar-refractivity contribution < 1.29 is 19.2 Å². The number of benzene rings is 3. The molecule has 0 saturated carbocycles. The molecule has 1 heterocycles. The molecule has 0 saturated heterocycles. The van der Waals surface area contributed by atoms with Gasteiger partial charge in [-0.05, 0) is 67.4 Å². The summed E-state index contributed by atoms with van der Waals surface area (Å²) in [6.07, 6.45) is 1.74. The first kappa shape index (κ1) is 22.1. The van der Waals surface area contributed by atoms with Gasteiger partial charge in [0.25, 0.3) is 5.69 Å². The number of anilines is 1. The zero-order chi connectivity index (χ0) is 23.4. The highest BCUT2D eigenvalue weighted by Gasteiger charge is 2.27. The summed E-state index contributed by atoms with van der Waals surface area (Å²) in [4.78, 5) is 25.3. The first-order valence-corrected chi connectivity index (χ1v) is 10.8. The molecule has 4 rings (SSSR count). The van der Waals surface area contributed by atoms with Crippen molar-refractivity contribution in [3.63, 3.8) is 0 Å². The maximum Gasteiger partial charge on any atom is 0.269 e. The summed E-state index contributed by atoms with van der Waals surface area (Å²) in [5.41, 5.74) is 3.34. The molecule has 0 bridgehead atoms. The number of allylic oxidation sites excluding steroid dienone is 1. The van der Waals surface area contributed by atoms with Gasteiger partial charge < -0.3 is 14.4 Å². The second kappa shape index (κ2) is 9.56. The van der Waals surface area contributed by atoms with Gasteiger partial charge >= 0.3 is 0 Å². The van der Waals surface area contributed by atoms with Crippen molar-refractivity contribution in [2.45, 2.75) is 20.5 Å². The van der Waals surface area contributed by atoms with Gasteiger partial charge in [-0.1, -0.05) is 12.1 Å². The Morgan fingerprint density at radius 1 is 1.00 bits per heavy atom. The van der Waals surface area contributed by atoms with Crippen LogP contribution in [0.15, 0.2) is 72.5 Å². The summed E-state index contributed by atoms with van der Waals surface area (Å²) >= 11 is 0. The lowest BCUT2D eigenvalue weighted by Gasteiger charge is -2.20. The van der Waals surface area contributed by atoms with Crippen LogP contribution in [0, 0.1) is 10.1 Å². The fraction of sp³-hybridized carbons (Fsp3) is 0.192. The van der Waals surface area contributed by atoms with E-state index < -0.39 is 4.92 Å². The highest BCUT2D eigenvalue weighted by Crippen LogP contribution is 2.35. The van der Waals surface area contributed by atoms with Crippen LogP contribution in [-0.2, 0) is 6.61 Å². The van der Waals surface area contributed by atoms with Gasteiger partial charge in [0.2, 0.25) is 5.78 Å². The summed E-state index contributed by atoms with van der Waals surface area (Å²) < 4.78 is 11.6. The number of Topliss-reactive ketones (excluding diaryl/α,β-unsaturated/α-hetero) is 1. The number of nitrogens with zero attached hydrogens (tertiary/aromatic N) is 2. The Balaban J connectivity index is 1.44. The molecular formula is C26H24N2O5. The van der Waals surface area contributed by atoms with E-state index in [0.29, 0.717) is 17.1 Å². The molecule has 7 heteroatoms. The van der Waals surface area contributed by atoms with Crippen LogP contribution in [0.3, 0.4) is 0 Å². The molecule has 0 atom stereocenters. The molecular weight excluding hydrogens is 420 g/mol. The maximum atomic E-state index is 12.7. The highest BCUT2D eigenvalue weighted by atomic mass is 16.6. The van der Waals surface area contributed by atoms with E-state index in [2.05, 4.69) is 18.7 Å².